The van der Waals surface area contributed by atoms with Gasteiger partial charge in [0.05, 0.1) is 0 Å². The topological polar surface area (TPSA) is 60.4 Å². The van der Waals surface area contributed by atoms with E-state index in [1.807, 2.05) is 0 Å². The molecule has 5 heteroatoms. The summed E-state index contributed by atoms with van der Waals surface area (Å²) in [5.41, 5.74) is 9.13. The van der Waals surface area contributed by atoms with E-state index in [0.29, 0.717) is 23.7 Å². The molecule has 0 spiro atoms. The molecule has 2 aromatic carbocycles. The zero-order chi connectivity index (χ0) is 31.3. The van der Waals surface area contributed by atoms with Crippen LogP contribution in [0.1, 0.15) is 149 Å². The van der Waals surface area contributed by atoms with E-state index < -0.39 is 5.60 Å². The summed E-state index contributed by atoms with van der Waals surface area (Å²) in [6, 6.07) is 13.2. The van der Waals surface area contributed by atoms with Crippen LogP contribution < -0.4 is 10.1 Å². The maximum atomic E-state index is 10.1. The summed E-state index contributed by atoms with van der Waals surface area (Å²) >= 11 is 0. The number of nitrogens with one attached hydrogen (secondary N) is 1. The van der Waals surface area contributed by atoms with Crippen LogP contribution in [0.2, 0.25) is 0 Å². The van der Waals surface area contributed by atoms with Crippen molar-refractivity contribution in [1.29, 1.82) is 0 Å². The second-order valence-electron chi connectivity index (χ2n) is 13.4. The first-order valence-corrected chi connectivity index (χ1v) is 15.6. The fraction of sp³-hybridized carbons (Fsp3) is 0.595. The predicted octanol–water partition coefficient (Wildman–Crippen LogP) is 8.52. The number of ether oxygens (including phenoxy) is 1. The average Bonchev–Trinajstić information content (AvgIpc) is 3.43. The van der Waals surface area contributed by atoms with E-state index in [2.05, 4.69) is 117 Å². The number of para-hydroxylation sites is 2. The van der Waals surface area contributed by atoms with E-state index in [0.717, 1.165) is 30.3 Å². The smallest absolute Gasteiger partial charge is 0.850 e. The molecule has 0 saturated carbocycles. The monoisotopic (exact) mass is 587 g/mol. The Kier molecular flexibility index (Phi) is 18.8. The predicted molar refractivity (Wildman–Crippen MR) is 183 cm³/mol. The van der Waals surface area contributed by atoms with Crippen molar-refractivity contribution < 1.29 is 14.8 Å². The fourth-order valence-corrected chi connectivity index (χ4v) is 4.60. The maximum Gasteiger partial charge on any atom is 2.00 e. The first-order valence-electron chi connectivity index (χ1n) is 15.6. The molecule has 1 saturated heterocycles. The van der Waals surface area contributed by atoms with Gasteiger partial charge in [0.1, 0.15) is 0 Å². The van der Waals surface area contributed by atoms with Gasteiger partial charge in [-0.15, -0.1) is 11.3 Å². The summed E-state index contributed by atoms with van der Waals surface area (Å²) in [5, 5.41) is 15.2. The molecule has 4 nitrogen and oxygen atoms in total. The van der Waals surface area contributed by atoms with Crippen molar-refractivity contribution in [2.24, 2.45) is 0 Å². The summed E-state index contributed by atoms with van der Waals surface area (Å²) in [7, 11) is 0. The Hall–Kier alpha value is -1.66. The number of hydrogen-bond acceptors (Lipinski definition) is 2. The third kappa shape index (κ3) is 15.2. The summed E-state index contributed by atoms with van der Waals surface area (Å²) in [6.07, 6.45) is 4.72. The van der Waals surface area contributed by atoms with E-state index in [4.69, 9.17) is 10.1 Å². The van der Waals surface area contributed by atoms with Crippen LogP contribution in [-0.2, 0) is 4.74 Å². The van der Waals surface area contributed by atoms with Gasteiger partial charge in [-0.3, -0.25) is 0 Å². The molecule has 0 bridgehead atoms. The molecule has 0 atom stereocenters. The van der Waals surface area contributed by atoms with Crippen LogP contribution >= 0.6 is 0 Å². The Balaban J connectivity index is 0.00000129. The minimum atomic E-state index is -0.750. The molecular weight excluding hydrogens is 529 g/mol. The van der Waals surface area contributed by atoms with Gasteiger partial charge in [0.15, 0.2) is 5.71 Å². The Morgan fingerprint density at radius 2 is 1.12 bits per heavy atom. The van der Waals surface area contributed by atoms with Crippen LogP contribution in [0, 0.1) is 0 Å². The van der Waals surface area contributed by atoms with Crippen LogP contribution in [0.25, 0.3) is 5.32 Å². The van der Waals surface area contributed by atoms with E-state index >= 15 is 0 Å². The van der Waals surface area contributed by atoms with Crippen molar-refractivity contribution in [2.45, 2.75) is 132 Å². The second kappa shape index (κ2) is 19.6. The van der Waals surface area contributed by atoms with Crippen LogP contribution in [-0.4, -0.2) is 47.6 Å². The normalized spacial score (nSPS) is 14.0. The molecule has 230 valence electrons. The zero-order valence-corrected chi connectivity index (χ0v) is 30.6. The number of benzene rings is 2. The van der Waals surface area contributed by atoms with Gasteiger partial charge < -0.3 is 15.2 Å². The van der Waals surface area contributed by atoms with Crippen molar-refractivity contribution in [1.82, 2.24) is 0 Å². The quantitative estimate of drug-likeness (QED) is 0.248. The zero-order valence-electron chi connectivity index (χ0n) is 29.2. The molecule has 0 radical (unpaired) electrons. The third-order valence-electron chi connectivity index (χ3n) is 6.58. The molecule has 1 fully saturated rings. The molecule has 1 N–H and O–H groups in total. The molecule has 0 unspecified atom stereocenters. The van der Waals surface area contributed by atoms with Gasteiger partial charge in [-0.05, 0) is 42.6 Å². The average molecular weight is 588 g/mol. The molecular formula is C37H59MgN2O2+. The minimum Gasteiger partial charge on any atom is -0.850 e. The molecule has 1 aliphatic rings. The summed E-state index contributed by atoms with van der Waals surface area (Å²) in [4.78, 5) is 3.71. The van der Waals surface area contributed by atoms with Gasteiger partial charge in [-0.2, -0.15) is 5.70 Å². The molecule has 0 amide bonds. The van der Waals surface area contributed by atoms with Crippen molar-refractivity contribution >= 4 is 40.1 Å². The van der Waals surface area contributed by atoms with Crippen LogP contribution in [0.4, 0.5) is 11.4 Å². The first kappa shape index (κ1) is 40.3. The third-order valence-corrected chi connectivity index (χ3v) is 6.58. The van der Waals surface area contributed by atoms with Crippen molar-refractivity contribution in [3.63, 3.8) is 0 Å². The fourth-order valence-electron chi connectivity index (χ4n) is 4.60. The molecule has 1 heterocycles. The van der Waals surface area contributed by atoms with Gasteiger partial charge in [0, 0.05) is 31.3 Å². The largest absolute Gasteiger partial charge is 2.00 e. The Morgan fingerprint density at radius 3 is 1.43 bits per heavy atom. The van der Waals surface area contributed by atoms with Crippen LogP contribution in [0.3, 0.4) is 0 Å². The number of nitrogens with zero attached hydrogens (tertiary/aromatic N) is 1. The van der Waals surface area contributed by atoms with E-state index in [1.165, 1.54) is 40.8 Å². The van der Waals surface area contributed by atoms with Crippen molar-refractivity contribution in [3.05, 3.63) is 75.7 Å². The molecule has 0 aliphatic carbocycles. The van der Waals surface area contributed by atoms with E-state index in [9.17, 15) is 5.11 Å². The molecule has 1 aliphatic heterocycles. The minimum absolute atomic E-state index is 0. The van der Waals surface area contributed by atoms with Gasteiger partial charge in [0.25, 0.3) is 0 Å². The Labute approximate surface area is 275 Å². The van der Waals surface area contributed by atoms with Crippen molar-refractivity contribution in [3.8, 4) is 0 Å². The van der Waals surface area contributed by atoms with Crippen LogP contribution in [0.5, 0.6) is 0 Å². The van der Waals surface area contributed by atoms with Gasteiger partial charge in [-0.1, -0.05) is 131 Å². The number of hydrogen-bond donors (Lipinski definition) is 1. The Morgan fingerprint density at radius 1 is 0.762 bits per heavy atom. The standard InChI is InChI=1S/C29H41N2.C4H8O.C4H9O.Mg/c1-18(2)24-13-11-14-25(19(3)4)28(24)30-22(9)17-23(10)31-29-26(20(5)6)15-12-16-27(29)21(7)8;1-2-4-5-3-1;1-4(2,3)5;/h11-21H,1-10H3;1-4H2;1-3H3;/q-1;;-1;+2/p+1/b22-17-,31-23?;;;. The van der Waals surface area contributed by atoms with E-state index in [-0.39, 0.29) is 23.1 Å². The number of allylic oxidation sites excluding steroid dienone is 2. The van der Waals surface area contributed by atoms with Gasteiger partial charge in [-0.25, -0.2) is 4.99 Å². The van der Waals surface area contributed by atoms with Crippen LogP contribution in [0.15, 0.2) is 48.2 Å². The summed E-state index contributed by atoms with van der Waals surface area (Å²) < 4.78 is 4.94. The maximum absolute atomic E-state index is 10.1. The molecule has 0 aromatic heterocycles. The van der Waals surface area contributed by atoms with E-state index in [1.54, 1.807) is 20.8 Å². The Bertz CT molecular complexity index is 1050. The second-order valence-corrected chi connectivity index (χ2v) is 13.4. The van der Waals surface area contributed by atoms with Gasteiger partial charge >= 0.3 is 23.1 Å². The summed E-state index contributed by atoms with van der Waals surface area (Å²) in [5.74, 6) is 1.82. The first-order chi connectivity index (χ1) is 19.0. The van der Waals surface area contributed by atoms with Crippen molar-refractivity contribution in [2.75, 3.05) is 13.2 Å². The SMILES string of the molecule is C1CCOC1.CC(/C=C(/C)[N-]c1c(C(C)C)cccc1C(C)C)=[NH+]c1c(C(C)C)cccc1C(C)C.CC(C)(C)[O-].[Mg+2]. The molecule has 3 rings (SSSR count). The molecule has 2 aromatic rings. The van der Waals surface area contributed by atoms with Gasteiger partial charge in [0.2, 0.25) is 5.69 Å². The summed E-state index contributed by atoms with van der Waals surface area (Å²) in [6.45, 7) is 29.1. The number of rotatable bonds is 8. The molecule has 42 heavy (non-hydrogen) atoms.